The monoisotopic (exact) mass is 375 g/mol. The van der Waals surface area contributed by atoms with Crippen LogP contribution in [-0.2, 0) is 9.53 Å². The van der Waals surface area contributed by atoms with Gasteiger partial charge in [0, 0.05) is 18.8 Å². The average molecular weight is 376 g/mol. The molecule has 2 saturated carbocycles. The lowest BCUT2D eigenvalue weighted by atomic mass is 9.61. The third kappa shape index (κ3) is 2.41. The van der Waals surface area contributed by atoms with Gasteiger partial charge in [-0.2, -0.15) is 0 Å². The topological polar surface area (TPSA) is 92.8 Å². The number of allylic oxidation sites excluding steroid dienone is 1. The lowest BCUT2D eigenvalue weighted by Crippen LogP contribution is -2.57. The van der Waals surface area contributed by atoms with Gasteiger partial charge in [0.05, 0.1) is 17.3 Å². The standard InChI is InChI=1S/C21H28O4.CH5N/c1-3-12-10-20-6-7-21(25-20)13(8-15(20)18(24)17(12)23)4-5-19(2)11-14(22)9-16(19)21;1-2/h4,8,12,16-18,23-24H,3,5-7,9-11H2,1-2H3;2H2,1H3/t12-,16?,17?,18+,19+,20+,21+;/m0./s1. The molecule has 27 heavy (non-hydrogen) atoms. The first-order chi connectivity index (χ1) is 12.8. The van der Waals surface area contributed by atoms with Gasteiger partial charge in [-0.15, -0.1) is 0 Å². The van der Waals surface area contributed by atoms with Crippen LogP contribution in [0.2, 0.25) is 0 Å². The van der Waals surface area contributed by atoms with Gasteiger partial charge < -0.3 is 20.7 Å². The Morgan fingerprint density at radius 3 is 2.74 bits per heavy atom. The first kappa shape index (κ1) is 19.3. The van der Waals surface area contributed by atoms with Gasteiger partial charge >= 0.3 is 0 Å². The summed E-state index contributed by atoms with van der Waals surface area (Å²) in [5, 5.41) is 21.3. The summed E-state index contributed by atoms with van der Waals surface area (Å²) >= 11 is 0. The van der Waals surface area contributed by atoms with E-state index < -0.39 is 17.8 Å². The molecule has 5 heteroatoms. The maximum atomic E-state index is 12.3. The molecule has 2 spiro atoms. The Balaban J connectivity index is 0.000000872. The predicted octanol–water partition coefficient (Wildman–Crippen LogP) is 2.26. The molecule has 0 amide bonds. The molecule has 0 aromatic rings. The number of nitrogens with two attached hydrogens (primary N) is 1. The van der Waals surface area contributed by atoms with E-state index in [0.717, 1.165) is 43.3 Å². The SMILES string of the molecule is CC[C@H]1C[C@@]23CC[C@@]4(O2)C(=CC[C@]2(C)CC(=O)CC24)C=C3[C@@H](O)C1O.CN. The van der Waals surface area contributed by atoms with Crippen molar-refractivity contribution >= 4 is 5.78 Å². The van der Waals surface area contributed by atoms with Crippen molar-refractivity contribution in [2.75, 3.05) is 7.05 Å². The molecule has 0 aromatic heterocycles. The van der Waals surface area contributed by atoms with Crippen LogP contribution in [0, 0.1) is 17.3 Å². The molecule has 2 heterocycles. The third-order valence-electron chi connectivity index (χ3n) is 8.07. The van der Waals surface area contributed by atoms with Crippen molar-refractivity contribution < 1.29 is 19.7 Å². The number of ether oxygens (including phenoxy) is 1. The Morgan fingerprint density at radius 1 is 1.30 bits per heavy atom. The fourth-order valence-electron chi connectivity index (χ4n) is 6.74. The summed E-state index contributed by atoms with van der Waals surface area (Å²) < 4.78 is 6.90. The molecule has 7 atom stereocenters. The van der Waals surface area contributed by atoms with Crippen molar-refractivity contribution in [3.05, 3.63) is 23.3 Å². The molecular weight excluding hydrogens is 342 g/mol. The number of ketones is 1. The Kier molecular flexibility index (Phi) is 4.47. The number of Topliss-reactive ketones (excluding diaryl/α,β-unsaturated/α-hetero) is 1. The highest BCUT2D eigenvalue weighted by Crippen LogP contribution is 2.66. The number of hydrogen-bond acceptors (Lipinski definition) is 5. The zero-order valence-electron chi connectivity index (χ0n) is 16.7. The normalized spacial score (nSPS) is 49.9. The summed E-state index contributed by atoms with van der Waals surface area (Å²) in [6, 6.07) is 0. The van der Waals surface area contributed by atoms with Crippen LogP contribution in [0.1, 0.15) is 58.8 Å². The van der Waals surface area contributed by atoms with Crippen LogP contribution >= 0.6 is 0 Å². The molecule has 0 radical (unpaired) electrons. The van der Waals surface area contributed by atoms with E-state index in [9.17, 15) is 15.0 Å². The van der Waals surface area contributed by atoms with Crippen LogP contribution in [0.15, 0.2) is 23.3 Å². The maximum Gasteiger partial charge on any atom is 0.133 e. The van der Waals surface area contributed by atoms with Gasteiger partial charge in [-0.3, -0.25) is 4.79 Å². The second-order valence-corrected chi connectivity index (χ2v) is 9.38. The molecule has 5 rings (SSSR count). The molecule has 0 aromatic carbocycles. The summed E-state index contributed by atoms with van der Waals surface area (Å²) in [6.45, 7) is 4.31. The minimum Gasteiger partial charge on any atom is -0.390 e. The lowest BCUT2D eigenvalue weighted by molar-refractivity contribution is -0.163. The van der Waals surface area contributed by atoms with E-state index in [0.29, 0.717) is 18.6 Å². The Hall–Kier alpha value is -1.01. The number of rotatable bonds is 1. The highest BCUT2D eigenvalue weighted by molar-refractivity contribution is 5.83. The largest absolute Gasteiger partial charge is 0.390 e. The Labute approximate surface area is 161 Å². The van der Waals surface area contributed by atoms with E-state index in [1.807, 2.05) is 0 Å². The molecular formula is C22H33NO4. The van der Waals surface area contributed by atoms with E-state index in [4.69, 9.17) is 4.74 Å². The number of aliphatic hydroxyl groups is 2. The molecule has 2 bridgehead atoms. The quantitative estimate of drug-likeness (QED) is 0.654. The average Bonchev–Trinajstić information content (AvgIpc) is 3.15. The molecule has 150 valence electrons. The zero-order chi connectivity index (χ0) is 19.6. The fourth-order valence-corrected chi connectivity index (χ4v) is 6.74. The Morgan fingerprint density at radius 2 is 2.04 bits per heavy atom. The maximum absolute atomic E-state index is 12.3. The van der Waals surface area contributed by atoms with E-state index >= 15 is 0 Å². The summed E-state index contributed by atoms with van der Waals surface area (Å²) in [7, 11) is 1.50. The van der Waals surface area contributed by atoms with Crippen LogP contribution < -0.4 is 5.73 Å². The number of carbonyl (C=O) groups excluding carboxylic acids is 1. The summed E-state index contributed by atoms with van der Waals surface area (Å²) in [5.41, 5.74) is 5.73. The van der Waals surface area contributed by atoms with Gasteiger partial charge in [-0.05, 0) is 55.2 Å². The van der Waals surface area contributed by atoms with Crippen molar-refractivity contribution in [2.24, 2.45) is 23.0 Å². The van der Waals surface area contributed by atoms with Crippen LogP contribution in [-0.4, -0.2) is 46.5 Å². The van der Waals surface area contributed by atoms with Crippen LogP contribution in [0.3, 0.4) is 0 Å². The first-order valence-corrected chi connectivity index (χ1v) is 10.4. The van der Waals surface area contributed by atoms with Gasteiger partial charge in [0.25, 0.3) is 0 Å². The first-order valence-electron chi connectivity index (χ1n) is 10.4. The second-order valence-electron chi connectivity index (χ2n) is 9.38. The number of hydrogen-bond donors (Lipinski definition) is 3. The molecule has 1 saturated heterocycles. The number of fused-ring (bicyclic) bond motifs is 1. The van der Waals surface area contributed by atoms with Crippen molar-refractivity contribution in [3.63, 3.8) is 0 Å². The van der Waals surface area contributed by atoms with Gasteiger partial charge in [-0.1, -0.05) is 32.4 Å². The van der Waals surface area contributed by atoms with E-state index in [1.165, 1.54) is 7.05 Å². The number of aliphatic hydroxyl groups excluding tert-OH is 2. The molecule has 5 nitrogen and oxygen atoms in total. The van der Waals surface area contributed by atoms with Crippen LogP contribution in [0.5, 0.6) is 0 Å². The van der Waals surface area contributed by atoms with Crippen molar-refractivity contribution in [1.82, 2.24) is 0 Å². The van der Waals surface area contributed by atoms with Crippen LogP contribution in [0.25, 0.3) is 0 Å². The van der Waals surface area contributed by atoms with Gasteiger partial charge in [0.15, 0.2) is 0 Å². The smallest absolute Gasteiger partial charge is 0.133 e. The highest BCUT2D eigenvalue weighted by Gasteiger charge is 2.67. The predicted molar refractivity (Wildman–Crippen MR) is 103 cm³/mol. The second kappa shape index (κ2) is 6.24. The Bertz CT molecular complexity index is 715. The van der Waals surface area contributed by atoms with E-state index in [2.05, 4.69) is 31.7 Å². The lowest BCUT2D eigenvalue weighted by Gasteiger charge is -2.54. The van der Waals surface area contributed by atoms with Crippen molar-refractivity contribution in [2.45, 2.75) is 82.2 Å². The van der Waals surface area contributed by atoms with E-state index in [1.54, 1.807) is 0 Å². The third-order valence-corrected chi connectivity index (χ3v) is 8.07. The van der Waals surface area contributed by atoms with E-state index in [-0.39, 0.29) is 22.9 Å². The fraction of sp³-hybridized carbons (Fsp3) is 0.773. The van der Waals surface area contributed by atoms with Crippen molar-refractivity contribution in [1.29, 1.82) is 0 Å². The summed E-state index contributed by atoms with van der Waals surface area (Å²) in [6.07, 6.45) is 8.42. The van der Waals surface area contributed by atoms with Gasteiger partial charge in [-0.25, -0.2) is 0 Å². The minimum atomic E-state index is -0.839. The van der Waals surface area contributed by atoms with Gasteiger partial charge in [0.1, 0.15) is 11.9 Å². The summed E-state index contributed by atoms with van der Waals surface area (Å²) in [5.74, 6) is 0.670. The molecule has 3 aliphatic carbocycles. The molecule has 2 unspecified atom stereocenters. The van der Waals surface area contributed by atoms with Gasteiger partial charge in [0.2, 0.25) is 0 Å². The molecule has 5 aliphatic rings. The molecule has 3 fully saturated rings. The van der Waals surface area contributed by atoms with Crippen molar-refractivity contribution in [3.8, 4) is 0 Å². The zero-order valence-corrected chi connectivity index (χ0v) is 16.7. The highest BCUT2D eigenvalue weighted by atomic mass is 16.5. The summed E-state index contributed by atoms with van der Waals surface area (Å²) in [4.78, 5) is 12.3. The molecule has 2 aliphatic heterocycles. The molecule has 4 N–H and O–H groups in total. The minimum absolute atomic E-state index is 0.00834. The number of carbonyl (C=O) groups is 1. The van der Waals surface area contributed by atoms with Crippen LogP contribution in [0.4, 0.5) is 0 Å².